The smallest absolute Gasteiger partial charge is 0.329 e. The van der Waals surface area contributed by atoms with Gasteiger partial charge in [0.15, 0.2) is 0 Å². The molecule has 1 unspecified atom stereocenters. The first-order valence-corrected chi connectivity index (χ1v) is 6.39. The molecular formula is C10H17NO4S. The number of thioether (sulfide) groups is 1. The quantitative estimate of drug-likeness (QED) is 0.661. The molecular weight excluding hydrogens is 230 g/mol. The second-order valence-electron chi connectivity index (χ2n) is 3.36. The Morgan fingerprint density at radius 2 is 2.25 bits per heavy atom. The number of rotatable bonds is 4. The van der Waals surface area contributed by atoms with Crippen molar-refractivity contribution in [1.29, 1.82) is 0 Å². The van der Waals surface area contributed by atoms with Crippen molar-refractivity contribution >= 4 is 23.6 Å². The summed E-state index contributed by atoms with van der Waals surface area (Å²) in [4.78, 5) is 24.9. The number of ether oxygens (including phenoxy) is 2. The van der Waals surface area contributed by atoms with Crippen LogP contribution in [0.4, 0.5) is 0 Å². The standard InChI is InChI=1S/C10H17NO4S/c1-3-15-10(13)8-7-16-5-4-11(8)9(12)6-14-2/h8H,3-7H2,1-2H3. The second kappa shape index (κ2) is 6.75. The Kier molecular flexibility index (Phi) is 5.62. The third-order valence-corrected chi connectivity index (χ3v) is 3.30. The summed E-state index contributed by atoms with van der Waals surface area (Å²) >= 11 is 1.66. The van der Waals surface area contributed by atoms with Crippen LogP contribution in [0.2, 0.25) is 0 Å². The van der Waals surface area contributed by atoms with Crippen molar-refractivity contribution in [3.05, 3.63) is 0 Å². The van der Waals surface area contributed by atoms with Crippen LogP contribution in [0.1, 0.15) is 6.92 Å². The number of methoxy groups -OCH3 is 1. The van der Waals surface area contributed by atoms with Crippen molar-refractivity contribution < 1.29 is 19.1 Å². The zero-order valence-electron chi connectivity index (χ0n) is 9.60. The molecule has 0 radical (unpaired) electrons. The van der Waals surface area contributed by atoms with Gasteiger partial charge in [-0.15, -0.1) is 0 Å². The molecule has 0 spiro atoms. The number of nitrogens with zero attached hydrogens (tertiary/aromatic N) is 1. The largest absolute Gasteiger partial charge is 0.464 e. The Labute approximate surface area is 99.5 Å². The highest BCUT2D eigenvalue weighted by Crippen LogP contribution is 2.17. The molecule has 6 heteroatoms. The van der Waals surface area contributed by atoms with E-state index in [1.54, 1.807) is 23.6 Å². The number of carbonyl (C=O) groups is 2. The predicted molar refractivity (Wildman–Crippen MR) is 61.3 cm³/mol. The summed E-state index contributed by atoms with van der Waals surface area (Å²) in [5, 5.41) is 0. The van der Waals surface area contributed by atoms with Crippen LogP contribution >= 0.6 is 11.8 Å². The first-order valence-electron chi connectivity index (χ1n) is 5.23. The van der Waals surface area contributed by atoms with Crippen molar-refractivity contribution in [2.45, 2.75) is 13.0 Å². The van der Waals surface area contributed by atoms with Gasteiger partial charge in [-0.2, -0.15) is 11.8 Å². The van der Waals surface area contributed by atoms with Gasteiger partial charge in [-0.05, 0) is 6.92 Å². The average Bonchev–Trinajstić information content (AvgIpc) is 2.30. The summed E-state index contributed by atoms with van der Waals surface area (Å²) < 4.78 is 9.75. The van der Waals surface area contributed by atoms with Gasteiger partial charge in [-0.3, -0.25) is 4.79 Å². The van der Waals surface area contributed by atoms with Gasteiger partial charge in [0.1, 0.15) is 12.6 Å². The molecule has 5 nitrogen and oxygen atoms in total. The van der Waals surface area contributed by atoms with Gasteiger partial charge in [-0.25, -0.2) is 4.79 Å². The van der Waals surface area contributed by atoms with Crippen LogP contribution in [-0.2, 0) is 19.1 Å². The van der Waals surface area contributed by atoms with E-state index in [-0.39, 0.29) is 18.5 Å². The minimum absolute atomic E-state index is 0.0145. The maximum absolute atomic E-state index is 11.7. The lowest BCUT2D eigenvalue weighted by Gasteiger charge is -2.33. The van der Waals surface area contributed by atoms with Crippen molar-refractivity contribution in [3.8, 4) is 0 Å². The maximum Gasteiger partial charge on any atom is 0.329 e. The van der Waals surface area contributed by atoms with E-state index in [9.17, 15) is 9.59 Å². The number of hydrogen-bond acceptors (Lipinski definition) is 5. The predicted octanol–water partition coefficient (Wildman–Crippen LogP) is 0.140. The van der Waals surface area contributed by atoms with Gasteiger partial charge >= 0.3 is 5.97 Å². The number of esters is 1. The molecule has 0 aromatic heterocycles. The van der Waals surface area contributed by atoms with Gasteiger partial charge in [0, 0.05) is 25.2 Å². The minimum Gasteiger partial charge on any atom is -0.464 e. The van der Waals surface area contributed by atoms with Crippen LogP contribution < -0.4 is 0 Å². The van der Waals surface area contributed by atoms with E-state index in [0.29, 0.717) is 18.9 Å². The normalized spacial score (nSPS) is 20.6. The molecule has 0 aromatic rings. The minimum atomic E-state index is -0.457. The van der Waals surface area contributed by atoms with Gasteiger partial charge in [-0.1, -0.05) is 0 Å². The summed E-state index contributed by atoms with van der Waals surface area (Å²) in [6.07, 6.45) is 0. The van der Waals surface area contributed by atoms with Crippen molar-refractivity contribution in [1.82, 2.24) is 4.90 Å². The molecule has 0 N–H and O–H groups in total. The van der Waals surface area contributed by atoms with E-state index in [0.717, 1.165) is 5.75 Å². The summed E-state index contributed by atoms with van der Waals surface area (Å²) in [7, 11) is 1.47. The van der Waals surface area contributed by atoms with Crippen molar-refractivity contribution in [2.75, 3.05) is 38.4 Å². The molecule has 0 aromatic carbocycles. The molecule has 1 fully saturated rings. The third-order valence-electron chi connectivity index (χ3n) is 2.28. The van der Waals surface area contributed by atoms with E-state index in [1.807, 2.05) is 0 Å². The topological polar surface area (TPSA) is 55.8 Å². The highest BCUT2D eigenvalue weighted by Gasteiger charge is 2.33. The number of hydrogen-bond donors (Lipinski definition) is 0. The molecule has 1 heterocycles. The lowest BCUT2D eigenvalue weighted by Crippen LogP contribution is -2.52. The third kappa shape index (κ3) is 3.38. The molecule has 1 rings (SSSR count). The number of carbonyl (C=O) groups excluding carboxylic acids is 2. The SMILES string of the molecule is CCOC(=O)C1CSCCN1C(=O)COC. The fourth-order valence-corrected chi connectivity index (χ4v) is 2.57. The molecule has 1 atom stereocenters. The Morgan fingerprint density at radius 1 is 1.50 bits per heavy atom. The van der Waals surface area contributed by atoms with E-state index >= 15 is 0 Å². The summed E-state index contributed by atoms with van der Waals surface area (Å²) in [5.74, 6) is 0.986. The van der Waals surface area contributed by atoms with Crippen LogP contribution in [0.3, 0.4) is 0 Å². The molecule has 1 saturated heterocycles. The zero-order chi connectivity index (χ0) is 12.0. The molecule has 16 heavy (non-hydrogen) atoms. The Morgan fingerprint density at radius 3 is 2.88 bits per heavy atom. The van der Waals surface area contributed by atoms with Crippen LogP contribution in [-0.4, -0.2) is 61.2 Å². The van der Waals surface area contributed by atoms with Crippen molar-refractivity contribution in [2.24, 2.45) is 0 Å². The highest BCUT2D eigenvalue weighted by atomic mass is 32.2. The second-order valence-corrected chi connectivity index (χ2v) is 4.51. The lowest BCUT2D eigenvalue weighted by atomic mass is 10.2. The van der Waals surface area contributed by atoms with Gasteiger partial charge in [0.2, 0.25) is 5.91 Å². The first-order chi connectivity index (χ1) is 7.70. The monoisotopic (exact) mass is 247 g/mol. The zero-order valence-corrected chi connectivity index (χ0v) is 10.4. The first kappa shape index (κ1) is 13.3. The fraction of sp³-hybridized carbons (Fsp3) is 0.800. The Hall–Kier alpha value is -0.750. The summed E-state index contributed by atoms with van der Waals surface area (Å²) in [6, 6.07) is -0.457. The van der Waals surface area contributed by atoms with Crippen LogP contribution in [0, 0.1) is 0 Å². The highest BCUT2D eigenvalue weighted by molar-refractivity contribution is 7.99. The molecule has 92 valence electrons. The summed E-state index contributed by atoms with van der Waals surface area (Å²) in [5.41, 5.74) is 0. The molecule has 1 aliphatic heterocycles. The van der Waals surface area contributed by atoms with E-state index in [4.69, 9.17) is 9.47 Å². The fourth-order valence-electron chi connectivity index (χ4n) is 1.54. The van der Waals surface area contributed by atoms with E-state index in [1.165, 1.54) is 7.11 Å². The molecule has 0 saturated carbocycles. The molecule has 1 amide bonds. The van der Waals surface area contributed by atoms with Gasteiger partial charge in [0.25, 0.3) is 0 Å². The van der Waals surface area contributed by atoms with Gasteiger partial charge < -0.3 is 14.4 Å². The maximum atomic E-state index is 11.7. The van der Waals surface area contributed by atoms with Crippen molar-refractivity contribution in [3.63, 3.8) is 0 Å². The van der Waals surface area contributed by atoms with Crippen LogP contribution in [0.5, 0.6) is 0 Å². The number of amides is 1. The lowest BCUT2D eigenvalue weighted by molar-refractivity contribution is -0.155. The Bertz CT molecular complexity index is 233. The summed E-state index contributed by atoms with van der Waals surface area (Å²) in [6.45, 7) is 2.69. The van der Waals surface area contributed by atoms with Crippen LogP contribution in [0.25, 0.3) is 0 Å². The van der Waals surface area contributed by atoms with Gasteiger partial charge in [0.05, 0.1) is 6.61 Å². The van der Waals surface area contributed by atoms with E-state index < -0.39 is 6.04 Å². The van der Waals surface area contributed by atoms with E-state index in [2.05, 4.69) is 0 Å². The molecule has 0 aliphatic carbocycles. The van der Waals surface area contributed by atoms with Crippen LogP contribution in [0.15, 0.2) is 0 Å². The Balaban J connectivity index is 2.63. The molecule has 1 aliphatic rings. The average molecular weight is 247 g/mol. The molecule has 0 bridgehead atoms.